The minimum atomic E-state index is -1.44. The first-order valence-electron chi connectivity index (χ1n) is 7.49. The summed E-state index contributed by atoms with van der Waals surface area (Å²) in [5.74, 6) is -0.103. The maximum Gasteiger partial charge on any atom is 0.305 e. The second-order valence-electron chi connectivity index (χ2n) is 6.90. The van der Waals surface area contributed by atoms with Crippen LogP contribution in [0.25, 0.3) is 0 Å². The van der Waals surface area contributed by atoms with Gasteiger partial charge in [-0.25, -0.2) is 0 Å². The number of carbonyl (C=O) groups excluding carboxylic acids is 1. The molecule has 0 atom stereocenters. The molecule has 0 aliphatic carbocycles. The van der Waals surface area contributed by atoms with E-state index in [1.165, 1.54) is 19.6 Å². The van der Waals surface area contributed by atoms with E-state index < -0.39 is 16.6 Å². The van der Waals surface area contributed by atoms with E-state index in [4.69, 9.17) is 9.16 Å². The zero-order valence-electron chi connectivity index (χ0n) is 14.4. The molecule has 0 aromatic heterocycles. The van der Waals surface area contributed by atoms with Gasteiger partial charge in [-0.15, -0.1) is 0 Å². The molecule has 0 aliphatic heterocycles. The summed E-state index contributed by atoms with van der Waals surface area (Å²) in [6.07, 6.45) is 2.60. The van der Waals surface area contributed by atoms with Gasteiger partial charge in [0.1, 0.15) is 8.24 Å². The Bertz CT molecular complexity index is 291. The van der Waals surface area contributed by atoms with Crippen LogP contribution < -0.4 is 0 Å². The van der Waals surface area contributed by atoms with Crippen LogP contribution in [0.1, 0.15) is 19.3 Å². The molecule has 0 heterocycles. The van der Waals surface area contributed by atoms with Gasteiger partial charge in [-0.1, -0.05) is 19.6 Å². The van der Waals surface area contributed by atoms with E-state index in [9.17, 15) is 4.79 Å². The van der Waals surface area contributed by atoms with E-state index in [0.29, 0.717) is 6.42 Å². The fourth-order valence-electron chi connectivity index (χ4n) is 2.10. The van der Waals surface area contributed by atoms with Crippen molar-refractivity contribution in [2.24, 2.45) is 0 Å². The summed E-state index contributed by atoms with van der Waals surface area (Å²) in [4.78, 5) is 11.2. The number of rotatable bonds is 10. The Labute approximate surface area is 127 Å². The number of hydrogen-bond acceptors (Lipinski definition) is 4. The zero-order valence-corrected chi connectivity index (χ0v) is 16.4. The summed E-state index contributed by atoms with van der Waals surface area (Å²) in [5.41, 5.74) is 0. The van der Waals surface area contributed by atoms with Gasteiger partial charge in [-0.2, -0.15) is 0 Å². The molecule has 0 unspecified atom stereocenters. The lowest BCUT2D eigenvalue weighted by Crippen LogP contribution is -2.47. The van der Waals surface area contributed by atoms with Crippen LogP contribution in [0.2, 0.25) is 38.8 Å². The summed E-state index contributed by atoms with van der Waals surface area (Å²) in [5, 5.41) is 0. The fourth-order valence-corrected chi connectivity index (χ4v) is 4.97. The Morgan fingerprint density at radius 2 is 1.55 bits per heavy atom. The molecule has 0 N–H and O–H groups in total. The highest BCUT2D eigenvalue weighted by molar-refractivity contribution is 6.73. The molecule has 0 bridgehead atoms. The van der Waals surface area contributed by atoms with Crippen molar-refractivity contribution in [2.45, 2.75) is 58.0 Å². The lowest BCUT2D eigenvalue weighted by atomic mass is 10.3. The molecular weight excluding hydrogens is 286 g/mol. The SMILES string of the molecule is COC(=O)CCCN(CCC[Si](C)(C)OC)[Si](C)(C)C. The standard InChI is InChI=1S/C14H33NO3Si2/c1-17-14(16)10-8-11-15(19(3,4)5)12-9-13-20(6,7)18-2/h8-13H2,1-7H3. The van der Waals surface area contributed by atoms with Gasteiger partial charge in [0.05, 0.1) is 7.11 Å². The number of hydrogen-bond donors (Lipinski definition) is 0. The molecule has 6 heteroatoms. The number of ether oxygens (including phenoxy) is 1. The van der Waals surface area contributed by atoms with Gasteiger partial charge >= 0.3 is 5.97 Å². The van der Waals surface area contributed by atoms with E-state index in [1.807, 2.05) is 7.11 Å². The molecule has 120 valence electrons. The van der Waals surface area contributed by atoms with Crippen LogP contribution in [0, 0.1) is 0 Å². The van der Waals surface area contributed by atoms with Crippen molar-refractivity contribution in [3.05, 3.63) is 0 Å². The van der Waals surface area contributed by atoms with Crippen LogP contribution >= 0.6 is 0 Å². The smallest absolute Gasteiger partial charge is 0.305 e. The van der Waals surface area contributed by atoms with Crippen LogP contribution in [0.3, 0.4) is 0 Å². The Morgan fingerprint density at radius 3 is 2.00 bits per heavy atom. The van der Waals surface area contributed by atoms with Crippen molar-refractivity contribution in [1.29, 1.82) is 0 Å². The molecule has 4 nitrogen and oxygen atoms in total. The molecule has 20 heavy (non-hydrogen) atoms. The average Bonchev–Trinajstić information content (AvgIpc) is 2.35. The molecule has 0 aromatic rings. The number of methoxy groups -OCH3 is 1. The Hall–Kier alpha value is -0.176. The quantitative estimate of drug-likeness (QED) is 0.457. The fraction of sp³-hybridized carbons (Fsp3) is 0.929. The second kappa shape index (κ2) is 8.97. The third kappa shape index (κ3) is 8.89. The number of carbonyl (C=O) groups is 1. The maximum atomic E-state index is 11.2. The predicted octanol–water partition coefficient (Wildman–Crippen LogP) is 3.32. The van der Waals surface area contributed by atoms with Crippen LogP contribution in [-0.4, -0.2) is 54.4 Å². The summed E-state index contributed by atoms with van der Waals surface area (Å²) in [7, 11) is 0.524. The Kier molecular flexibility index (Phi) is 8.89. The molecule has 0 rings (SSSR count). The van der Waals surface area contributed by atoms with Gasteiger partial charge in [0.15, 0.2) is 8.32 Å². The predicted molar refractivity (Wildman–Crippen MR) is 90.1 cm³/mol. The van der Waals surface area contributed by atoms with Crippen molar-refractivity contribution in [3.63, 3.8) is 0 Å². The maximum absolute atomic E-state index is 11.2. The van der Waals surface area contributed by atoms with Gasteiger partial charge in [0.25, 0.3) is 0 Å². The van der Waals surface area contributed by atoms with Crippen molar-refractivity contribution in [1.82, 2.24) is 4.57 Å². The average molecular weight is 320 g/mol. The van der Waals surface area contributed by atoms with Crippen molar-refractivity contribution in [2.75, 3.05) is 27.3 Å². The van der Waals surface area contributed by atoms with E-state index >= 15 is 0 Å². The van der Waals surface area contributed by atoms with Crippen LogP contribution in [0.4, 0.5) is 0 Å². The summed E-state index contributed by atoms with van der Waals surface area (Å²) < 4.78 is 12.9. The zero-order chi connectivity index (χ0) is 15.8. The van der Waals surface area contributed by atoms with Gasteiger partial charge in [-0.05, 0) is 45.1 Å². The minimum Gasteiger partial charge on any atom is -0.469 e. The topological polar surface area (TPSA) is 38.8 Å². The van der Waals surface area contributed by atoms with Gasteiger partial charge in [0.2, 0.25) is 0 Å². The largest absolute Gasteiger partial charge is 0.469 e. The molecule has 0 amide bonds. The van der Waals surface area contributed by atoms with E-state index in [2.05, 4.69) is 37.3 Å². The van der Waals surface area contributed by atoms with E-state index in [1.54, 1.807) is 0 Å². The molecule has 0 radical (unpaired) electrons. The summed E-state index contributed by atoms with van der Waals surface area (Å²) >= 11 is 0. The lowest BCUT2D eigenvalue weighted by Gasteiger charge is -2.35. The molecule has 0 aromatic carbocycles. The van der Waals surface area contributed by atoms with Gasteiger partial charge in [-0.3, -0.25) is 4.79 Å². The third-order valence-corrected chi connectivity index (χ3v) is 8.75. The number of nitrogens with zero attached hydrogens (tertiary/aromatic N) is 1. The van der Waals surface area contributed by atoms with Gasteiger partial charge in [0, 0.05) is 13.5 Å². The molecule has 0 fully saturated rings. The first-order chi connectivity index (χ1) is 9.12. The van der Waals surface area contributed by atoms with Crippen LogP contribution in [0.5, 0.6) is 0 Å². The molecule has 0 saturated heterocycles. The monoisotopic (exact) mass is 319 g/mol. The van der Waals surface area contributed by atoms with Crippen molar-refractivity contribution in [3.8, 4) is 0 Å². The highest BCUT2D eigenvalue weighted by Gasteiger charge is 2.25. The lowest BCUT2D eigenvalue weighted by molar-refractivity contribution is -0.140. The van der Waals surface area contributed by atoms with E-state index in [-0.39, 0.29) is 5.97 Å². The highest BCUT2D eigenvalue weighted by atomic mass is 28.4. The normalized spacial score (nSPS) is 12.8. The summed E-state index contributed by atoms with van der Waals surface area (Å²) in [6.45, 7) is 13.8. The first-order valence-corrected chi connectivity index (χ1v) is 14.1. The summed E-state index contributed by atoms with van der Waals surface area (Å²) in [6, 6.07) is 1.20. The van der Waals surface area contributed by atoms with Gasteiger partial charge < -0.3 is 13.7 Å². The third-order valence-electron chi connectivity index (χ3n) is 3.74. The van der Waals surface area contributed by atoms with E-state index in [0.717, 1.165) is 19.5 Å². The minimum absolute atomic E-state index is 0.103. The van der Waals surface area contributed by atoms with Crippen LogP contribution in [-0.2, 0) is 14.0 Å². The van der Waals surface area contributed by atoms with Crippen LogP contribution in [0.15, 0.2) is 0 Å². The highest BCUT2D eigenvalue weighted by Crippen LogP contribution is 2.16. The van der Waals surface area contributed by atoms with Crippen molar-refractivity contribution >= 4 is 22.5 Å². The Balaban J connectivity index is 4.21. The second-order valence-corrected chi connectivity index (χ2v) is 16.3. The molecular formula is C14H33NO3Si2. The molecule has 0 aliphatic rings. The molecule has 0 spiro atoms. The molecule has 0 saturated carbocycles. The first kappa shape index (κ1) is 19.8. The number of esters is 1. The Morgan fingerprint density at radius 1 is 1.00 bits per heavy atom. The van der Waals surface area contributed by atoms with Crippen molar-refractivity contribution < 1.29 is 14.0 Å².